The topological polar surface area (TPSA) is 109 Å². The highest BCUT2D eigenvalue weighted by Gasteiger charge is 2.11. The molecule has 3 aromatic rings. The first kappa shape index (κ1) is 18.4. The molecule has 0 unspecified atom stereocenters. The second kappa shape index (κ2) is 7.86. The standard InChI is InChI=1S/C19H16N4O3S/c20-13-15-1-5-17(6-2-15)23(18-9-11-22-12-10-18)14-16-3-7-19(8-4-16)26-27(21,24)25/h1-12H,14H2,(H2,21,24,25). The average molecular weight is 380 g/mol. The molecule has 8 heteroatoms. The molecule has 0 saturated carbocycles. The Hall–Kier alpha value is -3.41. The van der Waals surface area contributed by atoms with Gasteiger partial charge in [0.1, 0.15) is 5.75 Å². The maximum atomic E-state index is 11.0. The minimum Gasteiger partial charge on any atom is -0.371 e. The molecule has 2 aromatic carbocycles. The van der Waals surface area contributed by atoms with Gasteiger partial charge in [-0.15, -0.1) is 0 Å². The maximum absolute atomic E-state index is 11.0. The summed E-state index contributed by atoms with van der Waals surface area (Å²) in [6, 6.07) is 19.7. The monoisotopic (exact) mass is 380 g/mol. The van der Waals surface area contributed by atoms with Crippen molar-refractivity contribution in [2.45, 2.75) is 6.54 Å². The zero-order chi connectivity index (χ0) is 19.3. The summed E-state index contributed by atoms with van der Waals surface area (Å²) in [6.07, 6.45) is 3.41. The van der Waals surface area contributed by atoms with Gasteiger partial charge in [0.05, 0.1) is 11.6 Å². The highest BCUT2D eigenvalue weighted by Crippen LogP contribution is 2.28. The van der Waals surface area contributed by atoms with Gasteiger partial charge in [-0.05, 0) is 54.1 Å². The molecule has 0 radical (unpaired) electrons. The van der Waals surface area contributed by atoms with Gasteiger partial charge in [-0.2, -0.15) is 18.8 Å². The summed E-state index contributed by atoms with van der Waals surface area (Å²) >= 11 is 0. The van der Waals surface area contributed by atoms with Crippen molar-refractivity contribution in [3.63, 3.8) is 0 Å². The second-order valence-electron chi connectivity index (χ2n) is 5.67. The predicted molar refractivity (Wildman–Crippen MR) is 101 cm³/mol. The van der Waals surface area contributed by atoms with Crippen molar-refractivity contribution in [2.24, 2.45) is 5.14 Å². The lowest BCUT2D eigenvalue weighted by Crippen LogP contribution is -2.19. The zero-order valence-electron chi connectivity index (χ0n) is 14.2. The van der Waals surface area contributed by atoms with Gasteiger partial charge in [-0.25, -0.2) is 0 Å². The predicted octanol–water partition coefficient (Wildman–Crippen LogP) is 2.87. The van der Waals surface area contributed by atoms with Crippen LogP contribution >= 0.6 is 0 Å². The zero-order valence-corrected chi connectivity index (χ0v) is 15.0. The highest BCUT2D eigenvalue weighted by atomic mass is 32.2. The van der Waals surface area contributed by atoms with Gasteiger partial charge in [0, 0.05) is 30.3 Å². The molecule has 7 nitrogen and oxygen atoms in total. The van der Waals surface area contributed by atoms with Crippen molar-refractivity contribution in [3.05, 3.63) is 84.2 Å². The van der Waals surface area contributed by atoms with E-state index in [1.54, 1.807) is 48.8 Å². The number of rotatable bonds is 6. The van der Waals surface area contributed by atoms with E-state index in [9.17, 15) is 8.42 Å². The number of nitrogens with two attached hydrogens (primary N) is 1. The average Bonchev–Trinajstić information content (AvgIpc) is 2.67. The molecule has 0 fully saturated rings. The molecule has 27 heavy (non-hydrogen) atoms. The molecule has 0 atom stereocenters. The van der Waals surface area contributed by atoms with Crippen LogP contribution in [0.1, 0.15) is 11.1 Å². The molecule has 1 heterocycles. The van der Waals surface area contributed by atoms with E-state index in [0.717, 1.165) is 16.9 Å². The number of nitriles is 1. The summed E-state index contributed by atoms with van der Waals surface area (Å²) in [5, 5.41) is 13.9. The third-order valence-electron chi connectivity index (χ3n) is 3.76. The van der Waals surface area contributed by atoms with Crippen LogP contribution in [0.3, 0.4) is 0 Å². The van der Waals surface area contributed by atoms with Crippen molar-refractivity contribution in [1.82, 2.24) is 4.98 Å². The Balaban J connectivity index is 1.88. The van der Waals surface area contributed by atoms with Gasteiger partial charge in [0.15, 0.2) is 0 Å². The van der Waals surface area contributed by atoms with E-state index in [-0.39, 0.29) is 5.75 Å². The van der Waals surface area contributed by atoms with E-state index in [0.29, 0.717) is 12.1 Å². The Labute approximate surface area is 157 Å². The Morgan fingerprint density at radius 3 is 2.11 bits per heavy atom. The molecular weight excluding hydrogens is 364 g/mol. The Morgan fingerprint density at radius 2 is 1.56 bits per heavy atom. The quantitative estimate of drug-likeness (QED) is 0.704. The van der Waals surface area contributed by atoms with Crippen molar-refractivity contribution in [3.8, 4) is 11.8 Å². The molecule has 0 aliphatic heterocycles. The molecule has 1 aromatic heterocycles. The van der Waals surface area contributed by atoms with Crippen molar-refractivity contribution in [1.29, 1.82) is 5.26 Å². The lowest BCUT2D eigenvalue weighted by molar-refractivity contribution is 0.487. The van der Waals surface area contributed by atoms with Crippen molar-refractivity contribution in [2.75, 3.05) is 4.90 Å². The number of aromatic nitrogens is 1. The third-order valence-corrected chi connectivity index (χ3v) is 4.18. The third kappa shape index (κ3) is 5.04. The number of benzene rings is 2. The van der Waals surface area contributed by atoms with Gasteiger partial charge in [-0.3, -0.25) is 4.98 Å². The molecule has 2 N–H and O–H groups in total. The lowest BCUT2D eigenvalue weighted by Gasteiger charge is -2.25. The number of anilines is 2. The molecule has 0 aliphatic rings. The summed E-state index contributed by atoms with van der Waals surface area (Å²) in [6.45, 7) is 0.519. The summed E-state index contributed by atoms with van der Waals surface area (Å²) in [4.78, 5) is 6.10. The van der Waals surface area contributed by atoms with Gasteiger partial charge in [0.2, 0.25) is 0 Å². The first-order valence-corrected chi connectivity index (χ1v) is 9.40. The minimum absolute atomic E-state index is 0.148. The van der Waals surface area contributed by atoms with E-state index < -0.39 is 10.3 Å². The van der Waals surface area contributed by atoms with Crippen LogP contribution < -0.4 is 14.2 Å². The molecule has 0 saturated heterocycles. The number of hydrogen-bond acceptors (Lipinski definition) is 6. The Bertz CT molecular complexity index is 1040. The highest BCUT2D eigenvalue weighted by molar-refractivity contribution is 7.84. The summed E-state index contributed by atoms with van der Waals surface area (Å²) in [5.74, 6) is 0.148. The van der Waals surface area contributed by atoms with E-state index in [4.69, 9.17) is 10.4 Å². The van der Waals surface area contributed by atoms with Gasteiger partial charge >= 0.3 is 10.3 Å². The lowest BCUT2D eigenvalue weighted by atomic mass is 10.1. The first-order valence-electron chi connectivity index (χ1n) is 7.93. The van der Waals surface area contributed by atoms with Gasteiger partial charge < -0.3 is 9.08 Å². The van der Waals surface area contributed by atoms with E-state index in [1.165, 1.54) is 0 Å². The van der Waals surface area contributed by atoms with Crippen LogP contribution in [0.4, 0.5) is 11.4 Å². The van der Waals surface area contributed by atoms with E-state index >= 15 is 0 Å². The molecule has 0 bridgehead atoms. The molecule has 0 aliphatic carbocycles. The summed E-state index contributed by atoms with van der Waals surface area (Å²) < 4.78 is 26.7. The Kier molecular flexibility index (Phi) is 5.35. The van der Waals surface area contributed by atoms with Crippen LogP contribution in [0, 0.1) is 11.3 Å². The van der Waals surface area contributed by atoms with Crippen molar-refractivity contribution < 1.29 is 12.6 Å². The SMILES string of the molecule is N#Cc1ccc(N(Cc2ccc(OS(N)(=O)=O)cc2)c2ccncc2)cc1. The maximum Gasteiger partial charge on any atom is 0.380 e. The van der Waals surface area contributed by atoms with Gasteiger partial charge in [-0.1, -0.05) is 12.1 Å². The fraction of sp³-hybridized carbons (Fsp3) is 0.0526. The minimum atomic E-state index is -4.05. The van der Waals surface area contributed by atoms with Crippen LogP contribution in [0.25, 0.3) is 0 Å². The normalized spacial score (nSPS) is 10.8. The first-order chi connectivity index (χ1) is 12.9. The molecule has 136 valence electrons. The number of pyridine rings is 1. The number of nitrogens with zero attached hydrogens (tertiary/aromatic N) is 3. The Morgan fingerprint density at radius 1 is 0.963 bits per heavy atom. The number of hydrogen-bond donors (Lipinski definition) is 1. The molecule has 3 rings (SSSR count). The summed E-state index contributed by atoms with van der Waals surface area (Å²) in [7, 11) is -4.05. The van der Waals surface area contributed by atoms with E-state index in [1.807, 2.05) is 24.3 Å². The van der Waals surface area contributed by atoms with E-state index in [2.05, 4.69) is 20.1 Å². The molecule has 0 amide bonds. The van der Waals surface area contributed by atoms with Crippen molar-refractivity contribution >= 4 is 21.7 Å². The van der Waals surface area contributed by atoms with Crippen LogP contribution in [0.5, 0.6) is 5.75 Å². The van der Waals surface area contributed by atoms with Gasteiger partial charge in [0.25, 0.3) is 0 Å². The van der Waals surface area contributed by atoms with Crippen LogP contribution in [0.15, 0.2) is 73.1 Å². The van der Waals surface area contributed by atoms with Crippen LogP contribution in [-0.2, 0) is 16.8 Å². The fourth-order valence-corrected chi connectivity index (χ4v) is 2.92. The summed E-state index contributed by atoms with van der Waals surface area (Å²) in [5.41, 5.74) is 3.35. The smallest absolute Gasteiger partial charge is 0.371 e. The van der Waals surface area contributed by atoms with Crippen LogP contribution in [-0.4, -0.2) is 13.4 Å². The molecular formula is C19H16N4O3S. The second-order valence-corrected chi connectivity index (χ2v) is 6.82. The molecule has 0 spiro atoms. The largest absolute Gasteiger partial charge is 0.380 e. The fourth-order valence-electron chi connectivity index (χ4n) is 2.54. The van der Waals surface area contributed by atoms with Crippen LogP contribution in [0.2, 0.25) is 0 Å².